The Bertz CT molecular complexity index is 312. The van der Waals surface area contributed by atoms with Crippen molar-refractivity contribution in [2.45, 2.75) is 13.0 Å². The molecule has 0 aromatic heterocycles. The van der Waals surface area contributed by atoms with Gasteiger partial charge in [-0.05, 0) is 13.0 Å². The maximum Gasteiger partial charge on any atom is 0.127 e. The second-order valence-corrected chi connectivity index (χ2v) is 3.27. The molecule has 1 N–H and O–H groups in total. The molecule has 0 bridgehead atoms. The molecule has 1 atom stereocenters. The van der Waals surface area contributed by atoms with Gasteiger partial charge in [0.05, 0.1) is 0 Å². The number of hydrogen-bond acceptors (Lipinski definition) is 1. The van der Waals surface area contributed by atoms with Crippen molar-refractivity contribution in [2.24, 2.45) is 0 Å². The largest absolute Gasteiger partial charge is 0.307 e. The highest BCUT2D eigenvalue weighted by molar-refractivity contribution is 6.25. The summed E-state index contributed by atoms with van der Waals surface area (Å²) in [5.41, 5.74) is 2.12. The van der Waals surface area contributed by atoms with Gasteiger partial charge in [-0.1, -0.05) is 35.9 Å². The van der Waals surface area contributed by atoms with Crippen LogP contribution < -0.4 is 5.32 Å². The normalized spacial score (nSPS) is 13.4. The van der Waals surface area contributed by atoms with E-state index in [2.05, 4.69) is 5.32 Å². The van der Waals surface area contributed by atoms with E-state index in [0.29, 0.717) is 12.1 Å². The second kappa shape index (κ2) is 5.78. The molecule has 1 aromatic carbocycles. The van der Waals surface area contributed by atoms with Crippen molar-refractivity contribution < 1.29 is 4.39 Å². The molecule has 0 spiro atoms. The number of halogens is 2. The molecule has 3 heteroatoms. The van der Waals surface area contributed by atoms with E-state index in [1.807, 2.05) is 13.0 Å². The van der Waals surface area contributed by atoms with Crippen LogP contribution in [-0.2, 0) is 0 Å². The highest BCUT2D eigenvalue weighted by atomic mass is 35.5. The predicted octanol–water partition coefficient (Wildman–Crippen LogP) is 3.23. The number of benzene rings is 1. The fourth-order valence-electron chi connectivity index (χ4n) is 1.23. The molecule has 0 aliphatic rings. The third-order valence-electron chi connectivity index (χ3n) is 2.00. The van der Waals surface area contributed by atoms with Gasteiger partial charge in [-0.2, -0.15) is 0 Å². The molecule has 0 saturated heterocycles. The van der Waals surface area contributed by atoms with Gasteiger partial charge in [0.1, 0.15) is 5.82 Å². The quantitative estimate of drug-likeness (QED) is 0.810. The van der Waals surface area contributed by atoms with Gasteiger partial charge in [0, 0.05) is 23.7 Å². The second-order valence-electron chi connectivity index (χ2n) is 3.01. The maximum absolute atomic E-state index is 13.3. The van der Waals surface area contributed by atoms with Gasteiger partial charge >= 0.3 is 0 Å². The van der Waals surface area contributed by atoms with E-state index < -0.39 is 0 Å². The van der Waals surface area contributed by atoms with Gasteiger partial charge in [0.25, 0.3) is 0 Å². The van der Waals surface area contributed by atoms with E-state index in [-0.39, 0.29) is 11.9 Å². The molecule has 0 fully saturated rings. The van der Waals surface area contributed by atoms with Gasteiger partial charge in [0.15, 0.2) is 0 Å². The van der Waals surface area contributed by atoms with Gasteiger partial charge < -0.3 is 5.32 Å². The molecular weight excluding hydrogens is 201 g/mol. The number of hydrogen-bond donors (Lipinski definition) is 1. The Hall–Kier alpha value is -0.860. The zero-order chi connectivity index (χ0) is 10.4. The smallest absolute Gasteiger partial charge is 0.127 e. The molecule has 76 valence electrons. The molecule has 0 saturated carbocycles. The lowest BCUT2D eigenvalue weighted by molar-refractivity contribution is 0.549. The summed E-state index contributed by atoms with van der Waals surface area (Å²) in [4.78, 5) is 0. The maximum atomic E-state index is 13.3. The fraction of sp³-hybridized carbons (Fsp3) is 0.273. The van der Waals surface area contributed by atoms with E-state index >= 15 is 0 Å². The molecule has 0 aliphatic heterocycles. The minimum absolute atomic E-state index is 0.0101. The third-order valence-corrected chi connectivity index (χ3v) is 2.18. The third kappa shape index (κ3) is 3.13. The summed E-state index contributed by atoms with van der Waals surface area (Å²) in [6.45, 7) is 2.56. The SMILES string of the molecule is C[C@@H](NC/C=C/Cl)c1ccccc1F. The summed E-state index contributed by atoms with van der Waals surface area (Å²) in [7, 11) is 0. The highest BCUT2D eigenvalue weighted by Crippen LogP contribution is 2.15. The van der Waals surface area contributed by atoms with E-state index in [9.17, 15) is 4.39 Å². The molecule has 0 radical (unpaired) electrons. The molecule has 1 rings (SSSR count). The Morgan fingerprint density at radius 2 is 2.21 bits per heavy atom. The van der Waals surface area contributed by atoms with E-state index in [4.69, 9.17) is 11.6 Å². The minimum Gasteiger partial charge on any atom is -0.307 e. The van der Waals surface area contributed by atoms with Crippen molar-refractivity contribution in [3.8, 4) is 0 Å². The van der Waals surface area contributed by atoms with Crippen LogP contribution in [0.5, 0.6) is 0 Å². The average Bonchev–Trinajstić information content (AvgIpc) is 2.18. The van der Waals surface area contributed by atoms with Crippen molar-refractivity contribution in [1.82, 2.24) is 5.32 Å². The molecule has 0 amide bonds. The topological polar surface area (TPSA) is 12.0 Å². The first kappa shape index (κ1) is 11.2. The summed E-state index contributed by atoms with van der Waals surface area (Å²) in [6.07, 6.45) is 1.78. The first-order valence-electron chi connectivity index (χ1n) is 4.48. The Morgan fingerprint density at radius 3 is 2.86 bits per heavy atom. The van der Waals surface area contributed by atoms with Crippen molar-refractivity contribution in [3.63, 3.8) is 0 Å². The van der Waals surface area contributed by atoms with E-state index in [1.165, 1.54) is 11.6 Å². The van der Waals surface area contributed by atoms with Crippen LogP contribution in [0.2, 0.25) is 0 Å². The number of nitrogens with one attached hydrogen (secondary N) is 1. The van der Waals surface area contributed by atoms with Crippen LogP contribution in [0.25, 0.3) is 0 Å². The average molecular weight is 214 g/mol. The molecule has 1 aromatic rings. The van der Waals surface area contributed by atoms with Crippen LogP contribution in [0.15, 0.2) is 35.9 Å². The minimum atomic E-state index is -0.178. The Balaban J connectivity index is 2.60. The summed E-state index contributed by atoms with van der Waals surface area (Å²) in [5, 5.41) is 3.13. The molecule has 1 nitrogen and oxygen atoms in total. The molecule has 0 aliphatic carbocycles. The first-order chi connectivity index (χ1) is 6.75. The first-order valence-corrected chi connectivity index (χ1v) is 4.92. The summed E-state index contributed by atoms with van der Waals surface area (Å²) < 4.78 is 13.3. The summed E-state index contributed by atoms with van der Waals surface area (Å²) in [5.74, 6) is -0.178. The summed E-state index contributed by atoms with van der Waals surface area (Å²) >= 11 is 5.37. The van der Waals surface area contributed by atoms with Crippen LogP contribution in [0.3, 0.4) is 0 Å². The lowest BCUT2D eigenvalue weighted by Crippen LogP contribution is -2.19. The lowest BCUT2D eigenvalue weighted by Gasteiger charge is -2.13. The zero-order valence-corrected chi connectivity index (χ0v) is 8.76. The molecule has 0 heterocycles. The molecule has 0 unspecified atom stereocenters. The van der Waals surface area contributed by atoms with Crippen molar-refractivity contribution in [2.75, 3.05) is 6.54 Å². The monoisotopic (exact) mass is 213 g/mol. The predicted molar refractivity (Wildman–Crippen MR) is 57.8 cm³/mol. The van der Waals surface area contributed by atoms with Gasteiger partial charge in [-0.25, -0.2) is 4.39 Å². The van der Waals surface area contributed by atoms with E-state index in [0.717, 1.165) is 0 Å². The fourth-order valence-corrected chi connectivity index (χ4v) is 1.31. The van der Waals surface area contributed by atoms with Crippen LogP contribution in [-0.4, -0.2) is 6.54 Å². The van der Waals surface area contributed by atoms with E-state index in [1.54, 1.807) is 18.2 Å². The van der Waals surface area contributed by atoms with Crippen LogP contribution >= 0.6 is 11.6 Å². The standard InChI is InChI=1S/C11H13ClFN/c1-9(14-8-4-7-12)10-5-2-3-6-11(10)13/h2-7,9,14H,8H2,1H3/b7-4+/t9-/m1/s1. The van der Waals surface area contributed by atoms with Crippen LogP contribution in [0, 0.1) is 5.82 Å². The Labute approximate surface area is 88.6 Å². The van der Waals surface area contributed by atoms with Crippen LogP contribution in [0.1, 0.15) is 18.5 Å². The van der Waals surface area contributed by atoms with Crippen molar-refractivity contribution >= 4 is 11.6 Å². The Morgan fingerprint density at radius 1 is 1.50 bits per heavy atom. The van der Waals surface area contributed by atoms with Crippen molar-refractivity contribution in [1.29, 1.82) is 0 Å². The summed E-state index contributed by atoms with van der Waals surface area (Å²) in [6, 6.07) is 6.74. The lowest BCUT2D eigenvalue weighted by atomic mass is 10.1. The van der Waals surface area contributed by atoms with Gasteiger partial charge in [-0.15, -0.1) is 0 Å². The molecule has 14 heavy (non-hydrogen) atoms. The van der Waals surface area contributed by atoms with Gasteiger partial charge in [0.2, 0.25) is 0 Å². The highest BCUT2D eigenvalue weighted by Gasteiger charge is 2.07. The zero-order valence-electron chi connectivity index (χ0n) is 8.00. The van der Waals surface area contributed by atoms with Crippen LogP contribution in [0.4, 0.5) is 4.39 Å². The molecular formula is C11H13ClFN. The van der Waals surface area contributed by atoms with Gasteiger partial charge in [-0.3, -0.25) is 0 Å². The number of rotatable bonds is 4. The Kier molecular flexibility index (Phi) is 4.63. The van der Waals surface area contributed by atoms with Crippen molar-refractivity contribution in [3.05, 3.63) is 47.3 Å².